The van der Waals surface area contributed by atoms with Crippen molar-refractivity contribution < 1.29 is 4.79 Å². The number of benzene rings is 1. The summed E-state index contributed by atoms with van der Waals surface area (Å²) in [6.07, 6.45) is 5.02. The first-order valence-corrected chi connectivity index (χ1v) is 7.21. The fraction of sp³-hybridized carbons (Fsp3) is 0.562. The van der Waals surface area contributed by atoms with Gasteiger partial charge < -0.3 is 5.32 Å². The molecule has 0 aliphatic heterocycles. The van der Waals surface area contributed by atoms with Crippen molar-refractivity contribution in [1.82, 2.24) is 10.6 Å². The molecular formula is C16H24N2O. The van der Waals surface area contributed by atoms with Gasteiger partial charge in [-0.25, -0.2) is 0 Å². The van der Waals surface area contributed by atoms with Crippen LogP contribution in [0.2, 0.25) is 0 Å². The first kappa shape index (κ1) is 14.1. The molecule has 1 aromatic rings. The molecule has 1 amide bonds. The van der Waals surface area contributed by atoms with Gasteiger partial charge in [-0.15, -0.1) is 0 Å². The summed E-state index contributed by atoms with van der Waals surface area (Å²) in [5.41, 5.74) is 4.27. The Hall–Kier alpha value is -1.35. The maximum absolute atomic E-state index is 11.5. The van der Waals surface area contributed by atoms with Crippen LogP contribution in [-0.2, 0) is 17.6 Å². The Kier molecular flexibility index (Phi) is 4.59. The summed E-state index contributed by atoms with van der Waals surface area (Å²) in [6.45, 7) is 4.01. The number of fused-ring (bicyclic) bond motifs is 1. The zero-order valence-electron chi connectivity index (χ0n) is 12.1. The molecule has 2 rings (SSSR count). The lowest BCUT2D eigenvalue weighted by atomic mass is 9.89. The van der Waals surface area contributed by atoms with Crippen molar-refractivity contribution in [3.63, 3.8) is 0 Å². The molecule has 1 aromatic carbocycles. The third-order valence-electron chi connectivity index (χ3n) is 4.01. The molecule has 19 heavy (non-hydrogen) atoms. The van der Waals surface area contributed by atoms with E-state index in [-0.39, 0.29) is 18.0 Å². The van der Waals surface area contributed by atoms with Gasteiger partial charge in [-0.05, 0) is 56.2 Å². The Morgan fingerprint density at radius 1 is 1.16 bits per heavy atom. The minimum atomic E-state index is -0.170. The van der Waals surface area contributed by atoms with Crippen molar-refractivity contribution >= 4 is 5.91 Å². The van der Waals surface area contributed by atoms with Gasteiger partial charge in [-0.2, -0.15) is 0 Å². The molecule has 0 radical (unpaired) electrons. The molecule has 104 valence electrons. The predicted molar refractivity (Wildman–Crippen MR) is 78.2 cm³/mol. The van der Waals surface area contributed by atoms with Gasteiger partial charge in [0.15, 0.2) is 0 Å². The monoisotopic (exact) mass is 260 g/mol. The second kappa shape index (κ2) is 6.20. The molecule has 0 saturated heterocycles. The van der Waals surface area contributed by atoms with Gasteiger partial charge >= 0.3 is 0 Å². The Morgan fingerprint density at radius 2 is 1.84 bits per heavy atom. The van der Waals surface area contributed by atoms with Gasteiger partial charge in [0, 0.05) is 13.1 Å². The lowest BCUT2D eigenvalue weighted by molar-refractivity contribution is -0.122. The largest absolute Gasteiger partial charge is 0.358 e. The summed E-state index contributed by atoms with van der Waals surface area (Å²) in [6, 6.07) is 6.78. The number of likely N-dealkylation sites (N-methyl/N-ethyl adjacent to an activating group) is 1. The van der Waals surface area contributed by atoms with Crippen LogP contribution in [0.1, 0.15) is 49.4 Å². The van der Waals surface area contributed by atoms with Gasteiger partial charge in [0.2, 0.25) is 5.91 Å². The van der Waals surface area contributed by atoms with Crippen molar-refractivity contribution in [3.05, 3.63) is 34.9 Å². The van der Waals surface area contributed by atoms with Crippen molar-refractivity contribution in [2.24, 2.45) is 0 Å². The lowest BCUT2D eigenvalue weighted by Gasteiger charge is -2.22. The molecule has 0 spiro atoms. The number of nitrogens with one attached hydrogen (secondary N) is 2. The summed E-state index contributed by atoms with van der Waals surface area (Å²) >= 11 is 0. The number of carbonyl (C=O) groups excluding carboxylic acids is 1. The summed E-state index contributed by atoms with van der Waals surface area (Å²) in [7, 11) is 1.67. The van der Waals surface area contributed by atoms with Crippen LogP contribution >= 0.6 is 0 Å². The van der Waals surface area contributed by atoms with E-state index in [1.165, 1.54) is 42.4 Å². The van der Waals surface area contributed by atoms with Gasteiger partial charge in [-0.3, -0.25) is 10.1 Å². The number of rotatable bonds is 4. The number of hydrogen-bond acceptors (Lipinski definition) is 2. The Bertz CT molecular complexity index is 456. The van der Waals surface area contributed by atoms with Crippen LogP contribution in [0.4, 0.5) is 0 Å². The summed E-state index contributed by atoms with van der Waals surface area (Å²) in [4.78, 5) is 11.5. The van der Waals surface area contributed by atoms with Crippen molar-refractivity contribution in [2.75, 3.05) is 7.05 Å². The first-order chi connectivity index (χ1) is 9.11. The van der Waals surface area contributed by atoms with Crippen LogP contribution < -0.4 is 10.6 Å². The van der Waals surface area contributed by atoms with Crippen LogP contribution in [0.25, 0.3) is 0 Å². The van der Waals surface area contributed by atoms with Crippen LogP contribution in [0.3, 0.4) is 0 Å². The van der Waals surface area contributed by atoms with E-state index in [0.29, 0.717) is 0 Å². The summed E-state index contributed by atoms with van der Waals surface area (Å²) in [5.74, 6) is 0.0322. The second-order valence-electron chi connectivity index (χ2n) is 5.46. The standard InChI is InChI=1S/C16H24N2O/c1-11(18-12(2)16(19)17-3)14-9-8-13-6-4-5-7-15(13)10-14/h8-12,18H,4-7H2,1-3H3,(H,17,19)/t11-,12-/m1/s1. The quantitative estimate of drug-likeness (QED) is 0.872. The van der Waals surface area contributed by atoms with E-state index < -0.39 is 0 Å². The van der Waals surface area contributed by atoms with E-state index in [4.69, 9.17) is 0 Å². The maximum atomic E-state index is 11.5. The van der Waals surface area contributed by atoms with E-state index in [9.17, 15) is 4.79 Å². The number of hydrogen-bond donors (Lipinski definition) is 2. The molecule has 0 fully saturated rings. The molecule has 1 aliphatic rings. The van der Waals surface area contributed by atoms with Crippen LogP contribution in [0.5, 0.6) is 0 Å². The zero-order valence-corrected chi connectivity index (χ0v) is 12.1. The van der Waals surface area contributed by atoms with E-state index in [2.05, 4.69) is 35.8 Å². The molecule has 3 heteroatoms. The molecule has 0 unspecified atom stereocenters. The lowest BCUT2D eigenvalue weighted by Crippen LogP contribution is -2.41. The number of carbonyl (C=O) groups is 1. The predicted octanol–water partition coefficient (Wildman–Crippen LogP) is 2.35. The van der Waals surface area contributed by atoms with E-state index in [0.717, 1.165) is 0 Å². The smallest absolute Gasteiger partial charge is 0.236 e. The van der Waals surface area contributed by atoms with Crippen LogP contribution in [0, 0.1) is 0 Å². The minimum Gasteiger partial charge on any atom is -0.358 e. The number of amides is 1. The zero-order chi connectivity index (χ0) is 13.8. The second-order valence-corrected chi connectivity index (χ2v) is 5.46. The highest BCUT2D eigenvalue weighted by molar-refractivity contribution is 5.80. The number of aryl methyl sites for hydroxylation is 2. The summed E-state index contributed by atoms with van der Waals surface area (Å²) < 4.78 is 0. The SMILES string of the molecule is CNC(=O)[C@@H](C)N[C@H](C)c1ccc2c(c1)CCCC2. The van der Waals surface area contributed by atoms with Crippen LogP contribution in [-0.4, -0.2) is 19.0 Å². The maximum Gasteiger partial charge on any atom is 0.236 e. The third-order valence-corrected chi connectivity index (χ3v) is 4.01. The first-order valence-electron chi connectivity index (χ1n) is 7.21. The van der Waals surface area contributed by atoms with Crippen molar-refractivity contribution in [2.45, 2.75) is 51.6 Å². The molecule has 3 nitrogen and oxygen atoms in total. The third kappa shape index (κ3) is 3.35. The van der Waals surface area contributed by atoms with E-state index in [1.807, 2.05) is 6.92 Å². The van der Waals surface area contributed by atoms with E-state index >= 15 is 0 Å². The van der Waals surface area contributed by atoms with Gasteiger partial charge in [-0.1, -0.05) is 18.2 Å². The highest BCUT2D eigenvalue weighted by atomic mass is 16.2. The Balaban J connectivity index is 2.07. The van der Waals surface area contributed by atoms with Gasteiger partial charge in [0.25, 0.3) is 0 Å². The Labute approximate surface area is 115 Å². The molecule has 2 atom stereocenters. The van der Waals surface area contributed by atoms with Crippen molar-refractivity contribution in [3.8, 4) is 0 Å². The fourth-order valence-electron chi connectivity index (χ4n) is 2.79. The average molecular weight is 260 g/mol. The van der Waals surface area contributed by atoms with Gasteiger partial charge in [0.1, 0.15) is 0 Å². The highest BCUT2D eigenvalue weighted by Gasteiger charge is 2.16. The molecule has 2 N–H and O–H groups in total. The molecule has 0 bridgehead atoms. The van der Waals surface area contributed by atoms with Crippen LogP contribution in [0.15, 0.2) is 18.2 Å². The molecule has 0 saturated carbocycles. The van der Waals surface area contributed by atoms with Gasteiger partial charge in [0.05, 0.1) is 6.04 Å². The molecule has 0 aromatic heterocycles. The molecule has 1 aliphatic carbocycles. The molecule has 0 heterocycles. The highest BCUT2D eigenvalue weighted by Crippen LogP contribution is 2.24. The minimum absolute atomic E-state index is 0.0322. The Morgan fingerprint density at radius 3 is 2.53 bits per heavy atom. The molecular weight excluding hydrogens is 236 g/mol. The van der Waals surface area contributed by atoms with Crippen molar-refractivity contribution in [1.29, 1.82) is 0 Å². The summed E-state index contributed by atoms with van der Waals surface area (Å²) in [5, 5.41) is 6.01. The normalized spacial score (nSPS) is 17.4. The topological polar surface area (TPSA) is 41.1 Å². The fourth-order valence-corrected chi connectivity index (χ4v) is 2.79. The average Bonchev–Trinajstić information content (AvgIpc) is 2.45. The van der Waals surface area contributed by atoms with E-state index in [1.54, 1.807) is 7.05 Å².